The van der Waals surface area contributed by atoms with Crippen LogP contribution in [-0.4, -0.2) is 39.8 Å². The van der Waals surface area contributed by atoms with Crippen molar-refractivity contribution < 1.29 is 15.3 Å². The van der Waals surface area contributed by atoms with Crippen LogP contribution >= 0.6 is 0 Å². The molecule has 0 amide bonds. The van der Waals surface area contributed by atoms with Gasteiger partial charge >= 0.3 is 0 Å². The van der Waals surface area contributed by atoms with E-state index in [1.807, 2.05) is 0 Å². The molecule has 2 atom stereocenters. The van der Waals surface area contributed by atoms with Gasteiger partial charge < -0.3 is 20.7 Å². The van der Waals surface area contributed by atoms with Gasteiger partial charge in [0, 0.05) is 5.71 Å². The van der Waals surface area contributed by atoms with Gasteiger partial charge in [-0.1, -0.05) is 6.92 Å². The summed E-state index contributed by atoms with van der Waals surface area (Å²) in [6, 6.07) is 0. The lowest BCUT2D eigenvalue weighted by Gasteiger charge is -2.14. The molecule has 0 heterocycles. The highest BCUT2D eigenvalue weighted by Gasteiger charge is 2.17. The first kappa shape index (κ1) is 9.55. The first-order valence-electron chi connectivity index (χ1n) is 3.17. The van der Waals surface area contributed by atoms with Crippen LogP contribution in [-0.2, 0) is 0 Å². The molecule has 4 N–H and O–H groups in total. The molecular weight excluding hydrogens is 134 g/mol. The summed E-state index contributed by atoms with van der Waals surface area (Å²) in [4.78, 5) is 0. The van der Waals surface area contributed by atoms with Gasteiger partial charge in [0.1, 0.15) is 12.2 Å². The van der Waals surface area contributed by atoms with Crippen LogP contribution in [0.15, 0.2) is 0 Å². The van der Waals surface area contributed by atoms with Gasteiger partial charge in [0.25, 0.3) is 0 Å². The minimum absolute atomic E-state index is 0.0431. The Labute approximate surface area is 59.6 Å². The van der Waals surface area contributed by atoms with E-state index in [2.05, 4.69) is 0 Å². The summed E-state index contributed by atoms with van der Waals surface area (Å²) in [5.74, 6) is 0. The summed E-state index contributed by atoms with van der Waals surface area (Å²) in [5.41, 5.74) is 0.0431. The highest BCUT2D eigenvalue weighted by molar-refractivity contribution is 5.85. The second-order valence-electron chi connectivity index (χ2n) is 2.07. The molecule has 0 saturated heterocycles. The zero-order chi connectivity index (χ0) is 8.15. The van der Waals surface area contributed by atoms with Crippen molar-refractivity contribution in [1.29, 1.82) is 5.41 Å². The summed E-state index contributed by atoms with van der Waals surface area (Å²) >= 11 is 0. The Bertz CT molecular complexity index is 116. The molecule has 0 aromatic heterocycles. The fourth-order valence-corrected chi connectivity index (χ4v) is 0.541. The van der Waals surface area contributed by atoms with Gasteiger partial charge in [0.2, 0.25) is 0 Å². The summed E-state index contributed by atoms with van der Waals surface area (Å²) < 4.78 is 0. The van der Waals surface area contributed by atoms with Crippen molar-refractivity contribution in [1.82, 2.24) is 0 Å². The predicted octanol–water partition coefficient (Wildman–Crippen LogP) is -0.870. The van der Waals surface area contributed by atoms with Crippen LogP contribution in [0.5, 0.6) is 0 Å². The topological polar surface area (TPSA) is 84.5 Å². The van der Waals surface area contributed by atoms with Crippen molar-refractivity contribution in [3.63, 3.8) is 0 Å². The van der Waals surface area contributed by atoms with Crippen molar-refractivity contribution in [2.24, 2.45) is 0 Å². The van der Waals surface area contributed by atoms with Gasteiger partial charge in [-0.15, -0.1) is 0 Å². The summed E-state index contributed by atoms with van der Waals surface area (Å²) in [6.07, 6.45) is -2.04. The van der Waals surface area contributed by atoms with Gasteiger partial charge in [-0.2, -0.15) is 0 Å². The minimum Gasteiger partial charge on any atom is -0.394 e. The third kappa shape index (κ3) is 2.43. The molecule has 0 rings (SSSR count). The van der Waals surface area contributed by atoms with E-state index >= 15 is 0 Å². The summed E-state index contributed by atoms with van der Waals surface area (Å²) in [5, 5.41) is 33.1. The van der Waals surface area contributed by atoms with Gasteiger partial charge in [0.05, 0.1) is 6.61 Å². The smallest absolute Gasteiger partial charge is 0.119 e. The maximum absolute atomic E-state index is 8.95. The van der Waals surface area contributed by atoms with E-state index in [0.717, 1.165) is 0 Å². The maximum Gasteiger partial charge on any atom is 0.119 e. The molecule has 0 aliphatic rings. The van der Waals surface area contributed by atoms with Crippen molar-refractivity contribution in [2.45, 2.75) is 25.6 Å². The Morgan fingerprint density at radius 3 is 2.30 bits per heavy atom. The molecule has 0 bridgehead atoms. The van der Waals surface area contributed by atoms with Gasteiger partial charge in [0.15, 0.2) is 0 Å². The third-order valence-electron chi connectivity index (χ3n) is 1.29. The molecule has 0 spiro atoms. The predicted molar refractivity (Wildman–Crippen MR) is 37.1 cm³/mol. The Balaban J connectivity index is 3.81. The van der Waals surface area contributed by atoms with Crippen LogP contribution in [0, 0.1) is 5.41 Å². The van der Waals surface area contributed by atoms with Crippen LogP contribution in [0.2, 0.25) is 0 Å². The fourth-order valence-electron chi connectivity index (χ4n) is 0.541. The number of hydrogen-bond acceptors (Lipinski definition) is 4. The Morgan fingerprint density at radius 1 is 1.50 bits per heavy atom. The van der Waals surface area contributed by atoms with E-state index in [1.165, 1.54) is 0 Å². The zero-order valence-corrected chi connectivity index (χ0v) is 5.91. The lowest BCUT2D eigenvalue weighted by atomic mass is 10.1. The quantitative estimate of drug-likeness (QED) is 0.390. The molecule has 0 fully saturated rings. The summed E-state index contributed by atoms with van der Waals surface area (Å²) in [6.45, 7) is 1.19. The van der Waals surface area contributed by atoms with Crippen LogP contribution in [0.25, 0.3) is 0 Å². The van der Waals surface area contributed by atoms with Gasteiger partial charge in [-0.3, -0.25) is 0 Å². The molecule has 4 heteroatoms. The zero-order valence-electron chi connectivity index (χ0n) is 5.91. The molecule has 0 aliphatic heterocycles. The monoisotopic (exact) mass is 147 g/mol. The largest absolute Gasteiger partial charge is 0.394 e. The minimum atomic E-state index is -1.22. The van der Waals surface area contributed by atoms with Crippen molar-refractivity contribution >= 4 is 5.71 Å². The molecule has 0 saturated carbocycles. The summed E-state index contributed by atoms with van der Waals surface area (Å²) in [7, 11) is 0. The normalized spacial score (nSPS) is 16.4. The van der Waals surface area contributed by atoms with Crippen LogP contribution in [0.3, 0.4) is 0 Å². The lowest BCUT2D eigenvalue weighted by molar-refractivity contribution is 0.0173. The SMILES string of the molecule is CCC(=N)C(O)C(O)CO. The first-order valence-corrected chi connectivity index (χ1v) is 3.17. The van der Waals surface area contributed by atoms with Crippen LogP contribution in [0.4, 0.5) is 0 Å². The lowest BCUT2D eigenvalue weighted by Crippen LogP contribution is -2.35. The highest BCUT2D eigenvalue weighted by Crippen LogP contribution is 1.97. The second kappa shape index (κ2) is 4.38. The van der Waals surface area contributed by atoms with Crippen LogP contribution in [0.1, 0.15) is 13.3 Å². The van der Waals surface area contributed by atoms with Crippen LogP contribution < -0.4 is 0 Å². The average Bonchev–Trinajstić information content (AvgIpc) is 2.00. The molecule has 10 heavy (non-hydrogen) atoms. The number of aliphatic hydroxyl groups excluding tert-OH is 3. The molecule has 2 unspecified atom stereocenters. The molecule has 60 valence electrons. The number of hydrogen-bond donors (Lipinski definition) is 4. The second-order valence-corrected chi connectivity index (χ2v) is 2.07. The fraction of sp³-hybridized carbons (Fsp3) is 0.833. The third-order valence-corrected chi connectivity index (χ3v) is 1.29. The molecule has 0 aromatic rings. The van der Waals surface area contributed by atoms with Crippen molar-refractivity contribution in [3.8, 4) is 0 Å². The van der Waals surface area contributed by atoms with Crippen molar-refractivity contribution in [2.75, 3.05) is 6.61 Å². The molecule has 0 radical (unpaired) electrons. The Kier molecular flexibility index (Phi) is 4.18. The van der Waals surface area contributed by atoms with E-state index in [9.17, 15) is 0 Å². The van der Waals surface area contributed by atoms with E-state index in [4.69, 9.17) is 20.7 Å². The number of rotatable bonds is 4. The molecule has 4 nitrogen and oxygen atoms in total. The van der Waals surface area contributed by atoms with E-state index in [0.29, 0.717) is 6.42 Å². The average molecular weight is 147 g/mol. The van der Waals surface area contributed by atoms with Gasteiger partial charge in [-0.25, -0.2) is 0 Å². The molecule has 0 aliphatic carbocycles. The number of nitrogens with one attached hydrogen (secondary N) is 1. The van der Waals surface area contributed by atoms with Gasteiger partial charge in [-0.05, 0) is 6.42 Å². The Hall–Kier alpha value is -0.450. The maximum atomic E-state index is 8.95. The number of aliphatic hydroxyl groups is 3. The highest BCUT2D eigenvalue weighted by atomic mass is 16.4. The van der Waals surface area contributed by atoms with E-state index < -0.39 is 18.8 Å². The van der Waals surface area contributed by atoms with E-state index in [-0.39, 0.29) is 5.71 Å². The molecular formula is C6H13NO3. The molecule has 0 aromatic carbocycles. The van der Waals surface area contributed by atoms with Crippen molar-refractivity contribution in [3.05, 3.63) is 0 Å². The first-order chi connectivity index (χ1) is 4.63. The standard InChI is InChI=1S/C6H13NO3/c1-2-4(7)6(10)5(9)3-8/h5-10H,2-3H2,1H3. The van der Waals surface area contributed by atoms with E-state index in [1.54, 1.807) is 6.92 Å². The Morgan fingerprint density at radius 2 is 2.00 bits per heavy atom.